The lowest BCUT2D eigenvalue weighted by Gasteiger charge is -2.36. The number of rotatable bonds is 5. The normalized spacial score (nSPS) is 20.7. The first kappa shape index (κ1) is 28.8. The van der Waals surface area contributed by atoms with E-state index < -0.39 is 67.8 Å². The fraction of sp³-hybridized carbons (Fsp3) is 0.345. The van der Waals surface area contributed by atoms with Crippen LogP contribution >= 0.6 is 0 Å². The Hall–Kier alpha value is -3.67. The van der Waals surface area contributed by atoms with Crippen LogP contribution in [0.4, 0.5) is 27.6 Å². The van der Waals surface area contributed by atoms with Crippen molar-refractivity contribution in [1.82, 2.24) is 0 Å². The van der Waals surface area contributed by atoms with E-state index in [0.717, 1.165) is 40.7 Å². The number of fused-ring (bicyclic) bond motifs is 1. The van der Waals surface area contributed by atoms with E-state index in [2.05, 4.69) is 0 Å². The van der Waals surface area contributed by atoms with Crippen molar-refractivity contribution in [3.63, 3.8) is 0 Å². The molecule has 218 valence electrons. The molecule has 3 aromatic rings. The van der Waals surface area contributed by atoms with E-state index in [1.807, 2.05) is 0 Å². The largest absolute Gasteiger partial charge is 0.486 e. The second-order valence-electron chi connectivity index (χ2n) is 11.1. The van der Waals surface area contributed by atoms with E-state index in [1.54, 1.807) is 20.8 Å². The average Bonchev–Trinajstić information content (AvgIpc) is 3.69. The molecule has 41 heavy (non-hydrogen) atoms. The van der Waals surface area contributed by atoms with Gasteiger partial charge in [-0.1, -0.05) is 12.1 Å². The maximum Gasteiger partial charge on any atom is 0.416 e. The molecule has 1 heterocycles. The van der Waals surface area contributed by atoms with Crippen molar-refractivity contribution in [3.05, 3.63) is 77.9 Å². The van der Waals surface area contributed by atoms with Gasteiger partial charge in [0.15, 0.2) is 0 Å². The summed E-state index contributed by atoms with van der Waals surface area (Å²) in [6.07, 6.45) is -5.23. The number of carbonyl (C=O) groups excluding carboxylic acids is 1. The number of hydrogen-bond acceptors (Lipinski definition) is 5. The monoisotopic (exact) mass is 595 g/mol. The first-order valence-corrected chi connectivity index (χ1v) is 14.2. The molecule has 2 aliphatic rings. The van der Waals surface area contributed by atoms with Crippen molar-refractivity contribution in [1.29, 1.82) is 0 Å². The molecule has 1 fully saturated rings. The predicted octanol–water partition coefficient (Wildman–Crippen LogP) is 6.58. The zero-order chi connectivity index (χ0) is 29.9. The molecule has 0 radical (unpaired) electrons. The number of nitrogens with zero attached hydrogens (tertiary/aromatic N) is 1. The van der Waals surface area contributed by atoms with Gasteiger partial charge in [-0.05, 0) is 81.3 Å². The van der Waals surface area contributed by atoms with Crippen LogP contribution in [0.3, 0.4) is 0 Å². The quantitative estimate of drug-likeness (QED) is 0.246. The fourth-order valence-electron chi connectivity index (χ4n) is 4.84. The molecule has 0 saturated heterocycles. The molecule has 12 heteroatoms. The summed E-state index contributed by atoms with van der Waals surface area (Å²) in [5.74, 6) is -2.82. The molecule has 3 aromatic carbocycles. The Bertz CT molecular complexity index is 1620. The lowest BCUT2D eigenvalue weighted by Crippen LogP contribution is -2.45. The van der Waals surface area contributed by atoms with Crippen molar-refractivity contribution in [3.8, 4) is 16.9 Å². The van der Waals surface area contributed by atoms with Crippen molar-refractivity contribution < 1.29 is 44.6 Å². The number of esters is 1. The highest BCUT2D eigenvalue weighted by Gasteiger charge is 2.53. The number of ether oxygens (including phenoxy) is 2. The fourth-order valence-corrected chi connectivity index (χ4v) is 6.37. The van der Waals surface area contributed by atoms with Crippen LogP contribution in [0.2, 0.25) is 0 Å². The highest BCUT2D eigenvalue weighted by Crippen LogP contribution is 2.49. The van der Waals surface area contributed by atoms with Gasteiger partial charge in [0.1, 0.15) is 29.1 Å². The lowest BCUT2D eigenvalue weighted by molar-refractivity contribution is -0.157. The molecule has 1 aliphatic carbocycles. The summed E-state index contributed by atoms with van der Waals surface area (Å²) in [6.45, 7) is 4.83. The van der Waals surface area contributed by atoms with Gasteiger partial charge in [-0.2, -0.15) is 13.2 Å². The predicted molar refractivity (Wildman–Crippen MR) is 140 cm³/mol. The highest BCUT2D eigenvalue weighted by molar-refractivity contribution is 7.92. The van der Waals surface area contributed by atoms with Gasteiger partial charge in [0, 0.05) is 11.5 Å². The number of halogens is 5. The minimum atomic E-state index is -4.78. The van der Waals surface area contributed by atoms with E-state index in [-0.39, 0.29) is 29.1 Å². The number of sulfonamides is 1. The Morgan fingerprint density at radius 2 is 1.73 bits per heavy atom. The van der Waals surface area contributed by atoms with E-state index >= 15 is 0 Å². The van der Waals surface area contributed by atoms with Crippen molar-refractivity contribution in [2.45, 2.75) is 50.0 Å². The Balaban J connectivity index is 1.56. The molecule has 6 nitrogen and oxygen atoms in total. The van der Waals surface area contributed by atoms with Crippen LogP contribution in [0.25, 0.3) is 11.1 Å². The summed E-state index contributed by atoms with van der Waals surface area (Å²) in [6, 6.07) is 10.2. The average molecular weight is 596 g/mol. The zero-order valence-electron chi connectivity index (χ0n) is 22.2. The smallest absolute Gasteiger partial charge is 0.416 e. The van der Waals surface area contributed by atoms with E-state index in [0.29, 0.717) is 12.5 Å². The molecular weight excluding hydrogens is 569 g/mol. The Kier molecular flexibility index (Phi) is 7.04. The van der Waals surface area contributed by atoms with Crippen LogP contribution in [-0.2, 0) is 25.7 Å². The van der Waals surface area contributed by atoms with Gasteiger partial charge in [-0.3, -0.25) is 9.10 Å². The summed E-state index contributed by atoms with van der Waals surface area (Å²) in [7, 11) is -4.61. The Labute approximate surface area is 233 Å². The molecule has 0 unspecified atom stereocenters. The molecule has 3 atom stereocenters. The summed E-state index contributed by atoms with van der Waals surface area (Å²) in [5, 5.41) is 0. The highest BCUT2D eigenvalue weighted by atomic mass is 32.2. The number of anilines is 1. The molecule has 1 aliphatic heterocycles. The van der Waals surface area contributed by atoms with Crippen molar-refractivity contribution >= 4 is 21.7 Å². The third-order valence-corrected chi connectivity index (χ3v) is 8.64. The van der Waals surface area contributed by atoms with Crippen LogP contribution in [0.1, 0.15) is 32.8 Å². The van der Waals surface area contributed by atoms with Crippen LogP contribution in [0.5, 0.6) is 5.75 Å². The molecule has 0 bridgehead atoms. The second kappa shape index (κ2) is 10.0. The summed E-state index contributed by atoms with van der Waals surface area (Å²) < 4.78 is 109. The maximum atomic E-state index is 14.6. The van der Waals surface area contributed by atoms with Crippen LogP contribution in [0, 0.1) is 23.5 Å². The number of benzene rings is 3. The van der Waals surface area contributed by atoms with Gasteiger partial charge in [-0.15, -0.1) is 0 Å². The molecular formula is C29H26F5NO5S. The molecule has 0 spiro atoms. The second-order valence-corrected chi connectivity index (χ2v) is 12.9. The summed E-state index contributed by atoms with van der Waals surface area (Å²) >= 11 is 0. The zero-order valence-corrected chi connectivity index (χ0v) is 23.0. The molecule has 5 rings (SSSR count). The van der Waals surface area contributed by atoms with Crippen molar-refractivity contribution in [2.24, 2.45) is 11.8 Å². The SMILES string of the molecule is CC(C)(C)OC(=O)[C@@H]1C[C@H]1[C@H]1CN(S(=O)(=O)c2cccc(C(F)(F)F)c2)c2cc(-c3cc(F)ccc3F)ccc2O1. The first-order valence-electron chi connectivity index (χ1n) is 12.7. The third-order valence-electron chi connectivity index (χ3n) is 6.87. The van der Waals surface area contributed by atoms with Gasteiger partial charge < -0.3 is 9.47 Å². The molecule has 0 amide bonds. The minimum absolute atomic E-state index is 0.0608. The van der Waals surface area contributed by atoms with Crippen LogP contribution in [-0.4, -0.2) is 32.6 Å². The Morgan fingerprint density at radius 1 is 1.00 bits per heavy atom. The number of carbonyl (C=O) groups is 1. The van der Waals surface area contributed by atoms with Crippen molar-refractivity contribution in [2.75, 3.05) is 10.8 Å². The third kappa shape index (κ3) is 5.88. The molecule has 1 saturated carbocycles. The van der Waals surface area contributed by atoms with Gasteiger partial charge in [0.25, 0.3) is 10.0 Å². The van der Waals surface area contributed by atoms with E-state index in [4.69, 9.17) is 9.47 Å². The number of hydrogen-bond donors (Lipinski definition) is 0. The number of alkyl halides is 3. The molecule has 0 N–H and O–H groups in total. The van der Waals surface area contributed by atoms with Gasteiger partial charge in [-0.25, -0.2) is 17.2 Å². The summed E-state index contributed by atoms with van der Waals surface area (Å²) in [5.41, 5.74) is -1.95. The standard InChI is InChI=1S/C29H26F5NO5S/c1-28(2,3)40-27(36)22-14-21(22)26-15-35(41(37,38)19-6-4-5-17(12-19)29(32,33)34)24-11-16(7-10-25(24)39-26)20-13-18(30)8-9-23(20)31/h4-13,21-22,26H,14-15H2,1-3H3/t21-,22-,26-/m1/s1. The van der Waals surface area contributed by atoms with E-state index in [9.17, 15) is 35.2 Å². The van der Waals surface area contributed by atoms with Gasteiger partial charge in [0.05, 0.1) is 28.6 Å². The Morgan fingerprint density at radius 3 is 2.41 bits per heavy atom. The van der Waals surface area contributed by atoms with Crippen LogP contribution < -0.4 is 9.04 Å². The molecule has 0 aromatic heterocycles. The maximum absolute atomic E-state index is 14.6. The topological polar surface area (TPSA) is 72.9 Å². The van der Waals surface area contributed by atoms with E-state index in [1.165, 1.54) is 18.2 Å². The van der Waals surface area contributed by atoms with Gasteiger partial charge >= 0.3 is 12.1 Å². The first-order chi connectivity index (χ1) is 19.0. The lowest BCUT2D eigenvalue weighted by atomic mass is 10.0. The van der Waals surface area contributed by atoms with Gasteiger partial charge in [0.2, 0.25) is 0 Å². The van der Waals surface area contributed by atoms with Crippen LogP contribution in [0.15, 0.2) is 65.6 Å². The minimum Gasteiger partial charge on any atom is -0.486 e. The summed E-state index contributed by atoms with van der Waals surface area (Å²) in [4.78, 5) is 12.0.